The van der Waals surface area contributed by atoms with Crippen molar-refractivity contribution in [2.45, 2.75) is 32.0 Å². The second kappa shape index (κ2) is 9.66. The summed E-state index contributed by atoms with van der Waals surface area (Å²) in [5.74, 6) is 0.429. The Morgan fingerprint density at radius 1 is 1.10 bits per heavy atom. The van der Waals surface area contributed by atoms with Gasteiger partial charge in [0, 0.05) is 31.2 Å². The molecule has 2 aromatic carbocycles. The van der Waals surface area contributed by atoms with E-state index in [4.69, 9.17) is 9.15 Å². The first-order chi connectivity index (χ1) is 15.1. The summed E-state index contributed by atoms with van der Waals surface area (Å²) in [7, 11) is 1.59. The van der Waals surface area contributed by atoms with E-state index < -0.39 is 5.76 Å². The normalized spacial score (nSPS) is 15.0. The first-order valence-corrected chi connectivity index (χ1v) is 10.5. The number of likely N-dealkylation sites (tertiary alicyclic amines) is 1. The maximum Gasteiger partial charge on any atom is 0.419 e. The van der Waals surface area contributed by atoms with Gasteiger partial charge in [0.05, 0.1) is 13.3 Å². The lowest BCUT2D eigenvalue weighted by Crippen LogP contribution is -2.45. The van der Waals surface area contributed by atoms with E-state index >= 15 is 0 Å². The highest BCUT2D eigenvalue weighted by atomic mass is 16.5. The third kappa shape index (κ3) is 5.44. The van der Waals surface area contributed by atoms with Gasteiger partial charge in [-0.3, -0.25) is 14.3 Å². The number of amides is 1. The van der Waals surface area contributed by atoms with Gasteiger partial charge in [0.1, 0.15) is 12.3 Å². The van der Waals surface area contributed by atoms with Crippen molar-refractivity contribution in [3.05, 3.63) is 76.9 Å². The molecular formula is C24H27N3O4. The van der Waals surface area contributed by atoms with E-state index in [1.807, 2.05) is 18.2 Å². The van der Waals surface area contributed by atoms with Crippen molar-refractivity contribution in [1.82, 2.24) is 14.8 Å². The number of nitrogens with zero attached hydrogens (tertiary/aromatic N) is 2. The molecule has 31 heavy (non-hydrogen) atoms. The van der Waals surface area contributed by atoms with Crippen LogP contribution in [0.15, 0.2) is 70.0 Å². The molecule has 0 saturated carbocycles. The van der Waals surface area contributed by atoms with Gasteiger partial charge < -0.3 is 14.5 Å². The van der Waals surface area contributed by atoms with Crippen molar-refractivity contribution in [3.8, 4) is 17.1 Å². The first kappa shape index (κ1) is 20.9. The lowest BCUT2D eigenvalue weighted by Gasteiger charge is -2.32. The zero-order valence-corrected chi connectivity index (χ0v) is 17.6. The van der Waals surface area contributed by atoms with Crippen LogP contribution < -0.4 is 15.8 Å². The lowest BCUT2D eigenvalue weighted by molar-refractivity contribution is -0.122. The Kier molecular flexibility index (Phi) is 6.52. The van der Waals surface area contributed by atoms with E-state index in [0.717, 1.165) is 43.8 Å². The molecule has 1 amide bonds. The number of hydrogen-bond donors (Lipinski definition) is 1. The van der Waals surface area contributed by atoms with E-state index in [1.165, 1.54) is 10.1 Å². The Morgan fingerprint density at radius 2 is 1.81 bits per heavy atom. The third-order valence-electron chi connectivity index (χ3n) is 5.60. The van der Waals surface area contributed by atoms with E-state index in [0.29, 0.717) is 5.76 Å². The summed E-state index contributed by atoms with van der Waals surface area (Å²) < 4.78 is 11.8. The average molecular weight is 421 g/mol. The predicted molar refractivity (Wildman–Crippen MR) is 118 cm³/mol. The minimum Gasteiger partial charge on any atom is -0.497 e. The maximum absolute atomic E-state index is 12.5. The minimum atomic E-state index is -0.543. The number of hydrogen-bond acceptors (Lipinski definition) is 5. The molecule has 1 aromatic heterocycles. The fraction of sp³-hybridized carbons (Fsp3) is 0.333. The number of benzene rings is 2. The van der Waals surface area contributed by atoms with Crippen molar-refractivity contribution >= 4 is 5.91 Å². The van der Waals surface area contributed by atoms with Crippen LogP contribution >= 0.6 is 0 Å². The van der Waals surface area contributed by atoms with Crippen molar-refractivity contribution < 1.29 is 13.9 Å². The van der Waals surface area contributed by atoms with Crippen LogP contribution in [0.2, 0.25) is 0 Å². The van der Waals surface area contributed by atoms with Gasteiger partial charge in [0.2, 0.25) is 5.91 Å². The number of piperidine rings is 1. The highest BCUT2D eigenvalue weighted by Gasteiger charge is 2.21. The van der Waals surface area contributed by atoms with Crippen molar-refractivity contribution in [2.24, 2.45) is 0 Å². The molecule has 162 valence electrons. The number of carbonyl (C=O) groups is 1. The van der Waals surface area contributed by atoms with Gasteiger partial charge in [0.15, 0.2) is 5.76 Å². The van der Waals surface area contributed by atoms with E-state index in [9.17, 15) is 9.59 Å². The summed E-state index contributed by atoms with van der Waals surface area (Å²) in [4.78, 5) is 27.1. The predicted octanol–water partition coefficient (Wildman–Crippen LogP) is 2.90. The van der Waals surface area contributed by atoms with Gasteiger partial charge in [0.25, 0.3) is 0 Å². The van der Waals surface area contributed by atoms with Gasteiger partial charge in [-0.05, 0) is 42.7 Å². The summed E-state index contributed by atoms with van der Waals surface area (Å²) >= 11 is 0. The summed E-state index contributed by atoms with van der Waals surface area (Å²) in [5, 5.41) is 3.06. The second-order valence-electron chi connectivity index (χ2n) is 7.82. The van der Waals surface area contributed by atoms with Gasteiger partial charge in [-0.2, -0.15) is 0 Å². The standard InChI is InChI=1S/C24H27N3O4/c1-30-21-9-7-19(8-10-21)22-16-27(24(29)31-22)17-23(28)25-20-11-13-26(14-12-20)15-18-5-3-2-4-6-18/h2-10,16,20H,11-15,17H2,1H3,(H,25,28). The number of ether oxygens (including phenoxy) is 1. The zero-order valence-electron chi connectivity index (χ0n) is 17.6. The summed E-state index contributed by atoms with van der Waals surface area (Å²) in [6.07, 6.45) is 3.37. The van der Waals surface area contributed by atoms with Crippen LogP contribution in [0.3, 0.4) is 0 Å². The van der Waals surface area contributed by atoms with Crippen LogP contribution in [-0.2, 0) is 17.9 Å². The van der Waals surface area contributed by atoms with Crippen LogP contribution in [0.5, 0.6) is 5.75 Å². The maximum atomic E-state index is 12.5. The van der Waals surface area contributed by atoms with Crippen LogP contribution in [0.25, 0.3) is 11.3 Å². The molecular weight excluding hydrogens is 394 g/mol. The molecule has 4 rings (SSSR count). The number of carbonyl (C=O) groups excluding carboxylic acids is 1. The van der Waals surface area contributed by atoms with Gasteiger partial charge in [-0.25, -0.2) is 4.79 Å². The molecule has 1 aliphatic rings. The van der Waals surface area contributed by atoms with Crippen molar-refractivity contribution in [2.75, 3.05) is 20.2 Å². The molecule has 0 bridgehead atoms. The molecule has 0 atom stereocenters. The molecule has 0 aliphatic carbocycles. The van der Waals surface area contributed by atoms with Gasteiger partial charge in [-0.1, -0.05) is 30.3 Å². The molecule has 0 spiro atoms. The Labute approximate surface area is 181 Å². The molecule has 7 nitrogen and oxygen atoms in total. The molecule has 1 fully saturated rings. The van der Waals surface area contributed by atoms with Crippen LogP contribution in [0.4, 0.5) is 0 Å². The van der Waals surface area contributed by atoms with Crippen molar-refractivity contribution in [1.29, 1.82) is 0 Å². The third-order valence-corrected chi connectivity index (χ3v) is 5.60. The Bertz CT molecular complexity index is 1050. The Balaban J connectivity index is 1.28. The quantitative estimate of drug-likeness (QED) is 0.635. The molecule has 1 saturated heterocycles. The summed E-state index contributed by atoms with van der Waals surface area (Å²) in [6.45, 7) is 2.75. The fourth-order valence-electron chi connectivity index (χ4n) is 3.88. The Hall–Kier alpha value is -3.32. The monoisotopic (exact) mass is 421 g/mol. The molecule has 1 aliphatic heterocycles. The minimum absolute atomic E-state index is 0.0529. The topological polar surface area (TPSA) is 76.7 Å². The van der Waals surface area contributed by atoms with E-state index in [1.54, 1.807) is 25.4 Å². The molecule has 7 heteroatoms. The number of oxazole rings is 1. The average Bonchev–Trinajstić information content (AvgIpc) is 3.16. The molecule has 1 N–H and O–H groups in total. The fourth-order valence-corrected chi connectivity index (χ4v) is 3.88. The van der Waals surface area contributed by atoms with Crippen molar-refractivity contribution in [3.63, 3.8) is 0 Å². The highest BCUT2D eigenvalue weighted by molar-refractivity contribution is 5.76. The second-order valence-corrected chi connectivity index (χ2v) is 7.82. The number of nitrogens with one attached hydrogen (secondary N) is 1. The molecule has 0 unspecified atom stereocenters. The van der Waals surface area contributed by atoms with E-state index in [-0.39, 0.29) is 18.5 Å². The smallest absolute Gasteiger partial charge is 0.419 e. The van der Waals surface area contributed by atoms with Gasteiger partial charge >= 0.3 is 5.76 Å². The van der Waals surface area contributed by atoms with Crippen LogP contribution in [0, 0.1) is 0 Å². The lowest BCUT2D eigenvalue weighted by atomic mass is 10.0. The number of rotatable bonds is 7. The van der Waals surface area contributed by atoms with Crippen LogP contribution in [-0.4, -0.2) is 41.6 Å². The summed E-state index contributed by atoms with van der Waals surface area (Å²) in [5.41, 5.74) is 2.06. The van der Waals surface area contributed by atoms with Crippen LogP contribution in [0.1, 0.15) is 18.4 Å². The number of methoxy groups -OCH3 is 1. The first-order valence-electron chi connectivity index (χ1n) is 10.5. The molecule has 2 heterocycles. The van der Waals surface area contributed by atoms with Gasteiger partial charge in [-0.15, -0.1) is 0 Å². The zero-order chi connectivity index (χ0) is 21.6. The molecule has 0 radical (unpaired) electrons. The summed E-state index contributed by atoms with van der Waals surface area (Å²) in [6, 6.07) is 17.7. The SMILES string of the molecule is COc1ccc(-c2cn(CC(=O)NC3CCN(Cc4ccccc4)CC3)c(=O)o2)cc1. The highest BCUT2D eigenvalue weighted by Crippen LogP contribution is 2.21. The largest absolute Gasteiger partial charge is 0.497 e. The molecule has 3 aromatic rings. The van der Waals surface area contributed by atoms with E-state index in [2.05, 4.69) is 34.5 Å². The Morgan fingerprint density at radius 3 is 2.48 bits per heavy atom. The number of aromatic nitrogens is 1.